The average Bonchev–Trinajstić information content (AvgIpc) is 2.65. The maximum atomic E-state index is 9.47. The largest absolute Gasteiger partial charge is 0.390 e. The SMILES string of the molecule is OC1COCC1Cc1ccsc1. The van der Waals surface area contributed by atoms with Gasteiger partial charge in [-0.2, -0.15) is 11.3 Å². The zero-order chi connectivity index (χ0) is 8.39. The Morgan fingerprint density at radius 1 is 1.58 bits per heavy atom. The van der Waals surface area contributed by atoms with E-state index in [1.165, 1.54) is 5.56 Å². The topological polar surface area (TPSA) is 29.5 Å². The summed E-state index contributed by atoms with van der Waals surface area (Å²) in [6.45, 7) is 1.21. The van der Waals surface area contributed by atoms with E-state index >= 15 is 0 Å². The van der Waals surface area contributed by atoms with Gasteiger partial charge in [0.1, 0.15) is 0 Å². The lowest BCUT2D eigenvalue weighted by Crippen LogP contribution is -2.19. The van der Waals surface area contributed by atoms with Crippen LogP contribution in [0.2, 0.25) is 0 Å². The van der Waals surface area contributed by atoms with Crippen molar-refractivity contribution in [2.24, 2.45) is 5.92 Å². The number of aliphatic hydroxyl groups is 1. The second-order valence-corrected chi connectivity index (χ2v) is 3.98. The van der Waals surface area contributed by atoms with Crippen LogP contribution in [0.3, 0.4) is 0 Å². The van der Waals surface area contributed by atoms with Gasteiger partial charge in [0.25, 0.3) is 0 Å². The zero-order valence-electron chi connectivity index (χ0n) is 6.77. The number of rotatable bonds is 2. The van der Waals surface area contributed by atoms with Gasteiger partial charge in [0.15, 0.2) is 0 Å². The van der Waals surface area contributed by atoms with Crippen molar-refractivity contribution in [2.45, 2.75) is 12.5 Å². The maximum absolute atomic E-state index is 9.47. The van der Waals surface area contributed by atoms with Crippen molar-refractivity contribution in [3.63, 3.8) is 0 Å². The van der Waals surface area contributed by atoms with Crippen LogP contribution in [-0.2, 0) is 11.2 Å². The fourth-order valence-corrected chi connectivity index (χ4v) is 2.18. The minimum absolute atomic E-state index is 0.259. The molecule has 1 aliphatic heterocycles. The van der Waals surface area contributed by atoms with Crippen molar-refractivity contribution < 1.29 is 9.84 Å². The van der Waals surface area contributed by atoms with Crippen molar-refractivity contribution >= 4 is 11.3 Å². The molecule has 3 heteroatoms. The third-order valence-electron chi connectivity index (χ3n) is 2.24. The van der Waals surface area contributed by atoms with E-state index in [9.17, 15) is 5.11 Å². The fraction of sp³-hybridized carbons (Fsp3) is 0.556. The van der Waals surface area contributed by atoms with E-state index in [4.69, 9.17) is 4.74 Å². The summed E-state index contributed by atoms with van der Waals surface area (Å²) in [4.78, 5) is 0. The van der Waals surface area contributed by atoms with Crippen LogP contribution in [0.25, 0.3) is 0 Å². The Balaban J connectivity index is 1.95. The molecule has 2 atom stereocenters. The third-order valence-corrected chi connectivity index (χ3v) is 2.97. The van der Waals surface area contributed by atoms with Gasteiger partial charge in [0.2, 0.25) is 0 Å². The monoisotopic (exact) mass is 184 g/mol. The Morgan fingerprint density at radius 3 is 3.08 bits per heavy atom. The van der Waals surface area contributed by atoms with Gasteiger partial charge in [-0.15, -0.1) is 0 Å². The summed E-state index contributed by atoms with van der Waals surface area (Å²) in [5.41, 5.74) is 1.31. The van der Waals surface area contributed by atoms with Crippen LogP contribution in [0.1, 0.15) is 5.56 Å². The first-order valence-electron chi connectivity index (χ1n) is 4.13. The summed E-state index contributed by atoms with van der Waals surface area (Å²) in [6, 6.07) is 2.11. The smallest absolute Gasteiger partial charge is 0.0826 e. The van der Waals surface area contributed by atoms with E-state index in [1.807, 2.05) is 0 Å². The Morgan fingerprint density at radius 2 is 2.50 bits per heavy atom. The first kappa shape index (κ1) is 8.23. The van der Waals surface area contributed by atoms with E-state index in [-0.39, 0.29) is 6.10 Å². The predicted molar refractivity (Wildman–Crippen MR) is 48.3 cm³/mol. The number of hydrogen-bond acceptors (Lipinski definition) is 3. The van der Waals surface area contributed by atoms with E-state index < -0.39 is 0 Å². The second kappa shape index (κ2) is 3.56. The summed E-state index contributed by atoms with van der Waals surface area (Å²) in [5, 5.41) is 13.7. The lowest BCUT2D eigenvalue weighted by atomic mass is 9.99. The highest BCUT2D eigenvalue weighted by atomic mass is 32.1. The Labute approximate surface area is 75.8 Å². The number of thiophene rings is 1. The molecule has 66 valence electrons. The van der Waals surface area contributed by atoms with Crippen LogP contribution in [0.15, 0.2) is 16.8 Å². The zero-order valence-corrected chi connectivity index (χ0v) is 7.59. The first-order valence-corrected chi connectivity index (χ1v) is 5.07. The molecule has 2 rings (SSSR count). The minimum atomic E-state index is -0.259. The number of aliphatic hydroxyl groups excluding tert-OH is 1. The molecule has 2 nitrogen and oxygen atoms in total. The highest BCUT2D eigenvalue weighted by Gasteiger charge is 2.25. The highest BCUT2D eigenvalue weighted by Crippen LogP contribution is 2.20. The molecule has 1 saturated heterocycles. The van der Waals surface area contributed by atoms with Gasteiger partial charge < -0.3 is 9.84 Å². The van der Waals surface area contributed by atoms with Crippen molar-refractivity contribution in [3.8, 4) is 0 Å². The molecule has 2 unspecified atom stereocenters. The molecular weight excluding hydrogens is 172 g/mol. The first-order chi connectivity index (χ1) is 5.86. The normalized spacial score (nSPS) is 29.4. The molecule has 0 aromatic carbocycles. The van der Waals surface area contributed by atoms with Crippen molar-refractivity contribution in [1.29, 1.82) is 0 Å². The molecule has 1 fully saturated rings. The minimum Gasteiger partial charge on any atom is -0.390 e. The molecule has 0 bridgehead atoms. The number of ether oxygens (including phenoxy) is 1. The number of hydrogen-bond donors (Lipinski definition) is 1. The van der Waals surface area contributed by atoms with Gasteiger partial charge >= 0.3 is 0 Å². The van der Waals surface area contributed by atoms with E-state index in [0.717, 1.165) is 6.42 Å². The molecular formula is C9H12O2S. The summed E-state index contributed by atoms with van der Waals surface area (Å²) < 4.78 is 5.17. The van der Waals surface area contributed by atoms with Gasteiger partial charge in [-0.1, -0.05) is 0 Å². The van der Waals surface area contributed by atoms with Crippen LogP contribution in [-0.4, -0.2) is 24.4 Å². The predicted octanol–water partition coefficient (Wildman–Crippen LogP) is 1.30. The van der Waals surface area contributed by atoms with E-state index in [1.54, 1.807) is 11.3 Å². The molecule has 1 N–H and O–H groups in total. The molecule has 0 amide bonds. The molecule has 0 aliphatic carbocycles. The van der Waals surface area contributed by atoms with Crippen molar-refractivity contribution in [3.05, 3.63) is 22.4 Å². The van der Waals surface area contributed by atoms with Gasteiger partial charge in [-0.3, -0.25) is 0 Å². The Hall–Kier alpha value is -0.380. The summed E-state index contributed by atoms with van der Waals surface area (Å²) in [7, 11) is 0. The molecule has 1 aromatic heterocycles. The van der Waals surface area contributed by atoms with Gasteiger partial charge in [0, 0.05) is 5.92 Å². The highest BCUT2D eigenvalue weighted by molar-refractivity contribution is 7.07. The molecule has 1 aromatic rings. The van der Waals surface area contributed by atoms with Crippen LogP contribution >= 0.6 is 11.3 Å². The van der Waals surface area contributed by atoms with Crippen LogP contribution in [0, 0.1) is 5.92 Å². The maximum Gasteiger partial charge on any atom is 0.0826 e. The molecule has 0 radical (unpaired) electrons. The summed E-state index contributed by atoms with van der Waals surface area (Å²) in [5.74, 6) is 0.305. The van der Waals surface area contributed by atoms with Crippen LogP contribution in [0.4, 0.5) is 0 Å². The van der Waals surface area contributed by atoms with Crippen molar-refractivity contribution in [2.75, 3.05) is 13.2 Å². The van der Waals surface area contributed by atoms with Gasteiger partial charge in [0.05, 0.1) is 19.3 Å². The quantitative estimate of drug-likeness (QED) is 0.750. The Bertz CT molecular complexity index is 233. The Kier molecular flexibility index (Phi) is 2.44. The lowest BCUT2D eigenvalue weighted by Gasteiger charge is -2.09. The lowest BCUT2D eigenvalue weighted by molar-refractivity contribution is 0.118. The summed E-state index contributed by atoms with van der Waals surface area (Å²) >= 11 is 1.70. The van der Waals surface area contributed by atoms with E-state index in [0.29, 0.717) is 19.1 Å². The van der Waals surface area contributed by atoms with Crippen LogP contribution in [0.5, 0.6) is 0 Å². The molecule has 1 aliphatic rings. The van der Waals surface area contributed by atoms with Gasteiger partial charge in [-0.05, 0) is 28.8 Å². The third kappa shape index (κ3) is 1.68. The fourth-order valence-electron chi connectivity index (χ4n) is 1.49. The average molecular weight is 184 g/mol. The van der Waals surface area contributed by atoms with E-state index in [2.05, 4.69) is 16.8 Å². The van der Waals surface area contributed by atoms with Gasteiger partial charge in [-0.25, -0.2) is 0 Å². The molecule has 0 saturated carbocycles. The molecule has 0 spiro atoms. The molecule has 2 heterocycles. The second-order valence-electron chi connectivity index (χ2n) is 3.20. The standard InChI is InChI=1S/C9H12O2S/c10-9-5-11-4-8(9)3-7-1-2-12-6-7/h1-2,6,8-10H,3-5H2. The molecule has 12 heavy (non-hydrogen) atoms. The van der Waals surface area contributed by atoms with Crippen molar-refractivity contribution in [1.82, 2.24) is 0 Å². The summed E-state index contributed by atoms with van der Waals surface area (Å²) in [6.07, 6.45) is 0.690. The van der Waals surface area contributed by atoms with Crippen LogP contribution < -0.4 is 0 Å².